The third kappa shape index (κ3) is 2.79. The van der Waals surface area contributed by atoms with E-state index in [1.807, 2.05) is 37.3 Å². The molecule has 6 heteroatoms. The first-order chi connectivity index (χ1) is 13.5. The number of fused-ring (bicyclic) bond motifs is 3. The molecule has 4 atom stereocenters. The van der Waals surface area contributed by atoms with Crippen LogP contribution in [0.1, 0.15) is 47.6 Å². The highest BCUT2D eigenvalue weighted by atomic mass is 16.5. The molecule has 0 radical (unpaired) electrons. The highest BCUT2D eigenvalue weighted by Gasteiger charge is 2.57. The van der Waals surface area contributed by atoms with E-state index < -0.39 is 5.72 Å². The second-order valence-corrected chi connectivity index (χ2v) is 8.25. The standard InChI is InChI=1S/C22H24N2O4/c1-13-6-9-16(27-13)12-23-20(25)18-10-15-8-7-14(18)11-22(15)24-21(26)17-4-2-3-5-19(17)28-22/h2-6,9,14-15,18H,7-8,10-12H2,1H3,(H,23,25)(H,24,26)/t14-,15-,18+,22+/m1/s1. The molecule has 6 rings (SSSR count). The van der Waals surface area contributed by atoms with Crippen molar-refractivity contribution in [2.75, 3.05) is 0 Å². The van der Waals surface area contributed by atoms with Crippen LogP contribution in [0.5, 0.6) is 5.75 Å². The summed E-state index contributed by atoms with van der Waals surface area (Å²) in [6.07, 6.45) is 3.37. The van der Waals surface area contributed by atoms with Crippen LogP contribution in [0.2, 0.25) is 0 Å². The lowest BCUT2D eigenvalue weighted by Gasteiger charge is -2.55. The van der Waals surface area contributed by atoms with Crippen LogP contribution in [0.15, 0.2) is 40.8 Å². The van der Waals surface area contributed by atoms with Crippen molar-refractivity contribution >= 4 is 11.8 Å². The largest absolute Gasteiger partial charge is 0.467 e. The quantitative estimate of drug-likeness (QED) is 0.857. The smallest absolute Gasteiger partial charge is 0.258 e. The number of para-hydroxylation sites is 1. The summed E-state index contributed by atoms with van der Waals surface area (Å²) in [5.41, 5.74) is -0.0962. The number of nitrogens with one attached hydrogen (secondary N) is 2. The number of hydrogen-bond acceptors (Lipinski definition) is 4. The lowest BCUT2D eigenvalue weighted by molar-refractivity contribution is -0.146. The Morgan fingerprint density at radius 1 is 1.25 bits per heavy atom. The van der Waals surface area contributed by atoms with Crippen LogP contribution in [0, 0.1) is 24.7 Å². The van der Waals surface area contributed by atoms with Gasteiger partial charge in [-0.15, -0.1) is 0 Å². The van der Waals surface area contributed by atoms with Crippen molar-refractivity contribution in [2.45, 2.75) is 44.9 Å². The third-order valence-corrected chi connectivity index (χ3v) is 6.54. The fourth-order valence-corrected chi connectivity index (χ4v) is 5.17. The highest BCUT2D eigenvalue weighted by Crippen LogP contribution is 2.52. The molecule has 146 valence electrons. The monoisotopic (exact) mass is 380 g/mol. The number of furan rings is 1. The Hall–Kier alpha value is -2.76. The minimum atomic E-state index is -0.677. The van der Waals surface area contributed by atoms with Crippen molar-refractivity contribution in [1.29, 1.82) is 0 Å². The van der Waals surface area contributed by atoms with Crippen molar-refractivity contribution < 1.29 is 18.7 Å². The van der Waals surface area contributed by atoms with E-state index in [1.54, 1.807) is 6.07 Å². The SMILES string of the molecule is Cc1ccc(CNC(=O)[C@H]2C[C@H]3CC[C@@H]2C[C@@]32NC(=O)c3ccccc3O2)o1. The molecule has 1 aliphatic heterocycles. The number of carbonyl (C=O) groups excluding carboxylic acids is 2. The molecular weight excluding hydrogens is 356 g/mol. The van der Waals surface area contributed by atoms with E-state index in [4.69, 9.17) is 9.15 Å². The fourth-order valence-electron chi connectivity index (χ4n) is 5.17. The van der Waals surface area contributed by atoms with E-state index in [2.05, 4.69) is 10.6 Å². The van der Waals surface area contributed by atoms with Gasteiger partial charge in [0.25, 0.3) is 5.91 Å². The zero-order valence-corrected chi connectivity index (χ0v) is 15.9. The molecule has 2 N–H and O–H groups in total. The topological polar surface area (TPSA) is 80.6 Å². The fraction of sp³-hybridized carbons (Fsp3) is 0.455. The van der Waals surface area contributed by atoms with Gasteiger partial charge in [-0.2, -0.15) is 0 Å². The maximum absolute atomic E-state index is 12.8. The molecule has 2 bridgehead atoms. The van der Waals surface area contributed by atoms with E-state index in [0.29, 0.717) is 24.3 Å². The molecule has 2 amide bonds. The number of ether oxygens (including phenoxy) is 1. The molecule has 2 heterocycles. The Kier molecular flexibility index (Phi) is 3.96. The molecule has 1 aromatic heterocycles. The first-order valence-corrected chi connectivity index (χ1v) is 9.98. The van der Waals surface area contributed by atoms with E-state index in [9.17, 15) is 9.59 Å². The Balaban J connectivity index is 1.30. The zero-order chi connectivity index (χ0) is 19.3. The average molecular weight is 380 g/mol. The summed E-state index contributed by atoms with van der Waals surface area (Å²) in [4.78, 5) is 25.5. The number of aryl methyl sites for hydroxylation is 1. The number of carbonyl (C=O) groups is 2. The highest BCUT2D eigenvalue weighted by molar-refractivity contribution is 5.98. The summed E-state index contributed by atoms with van der Waals surface area (Å²) in [5.74, 6) is 2.54. The van der Waals surface area contributed by atoms with E-state index in [-0.39, 0.29) is 29.6 Å². The maximum atomic E-state index is 12.8. The summed E-state index contributed by atoms with van der Waals surface area (Å²) in [5, 5.41) is 6.15. The number of hydrogen-bond donors (Lipinski definition) is 2. The number of benzene rings is 1. The Morgan fingerprint density at radius 3 is 2.86 bits per heavy atom. The Bertz CT molecular complexity index is 936. The zero-order valence-electron chi connectivity index (χ0n) is 15.9. The molecule has 3 saturated carbocycles. The van der Waals surface area contributed by atoms with Gasteiger partial charge in [0.15, 0.2) is 5.72 Å². The van der Waals surface area contributed by atoms with Crippen molar-refractivity contribution in [3.8, 4) is 5.75 Å². The molecular formula is C22H24N2O4. The lowest BCUT2D eigenvalue weighted by atomic mass is 9.60. The van der Waals surface area contributed by atoms with Crippen LogP contribution in [-0.4, -0.2) is 17.5 Å². The molecule has 3 aliphatic carbocycles. The number of amides is 2. The van der Waals surface area contributed by atoms with Gasteiger partial charge in [-0.25, -0.2) is 0 Å². The van der Waals surface area contributed by atoms with Gasteiger partial charge in [0.2, 0.25) is 5.91 Å². The molecule has 28 heavy (non-hydrogen) atoms. The van der Waals surface area contributed by atoms with Crippen LogP contribution >= 0.6 is 0 Å². The molecule has 1 aromatic carbocycles. The van der Waals surface area contributed by atoms with Gasteiger partial charge in [-0.05, 0) is 56.4 Å². The predicted molar refractivity (Wildman–Crippen MR) is 101 cm³/mol. The summed E-state index contributed by atoms with van der Waals surface area (Å²) >= 11 is 0. The Labute approximate surface area is 163 Å². The van der Waals surface area contributed by atoms with Gasteiger partial charge in [0, 0.05) is 18.3 Å². The van der Waals surface area contributed by atoms with Gasteiger partial charge < -0.3 is 19.8 Å². The lowest BCUT2D eigenvalue weighted by Crippen LogP contribution is -2.66. The summed E-state index contributed by atoms with van der Waals surface area (Å²) in [6.45, 7) is 2.30. The minimum absolute atomic E-state index is 0.0434. The van der Waals surface area contributed by atoms with Gasteiger partial charge in [-0.3, -0.25) is 9.59 Å². The number of rotatable bonds is 3. The summed E-state index contributed by atoms with van der Waals surface area (Å²) in [7, 11) is 0. The van der Waals surface area contributed by atoms with Crippen LogP contribution in [0.3, 0.4) is 0 Å². The minimum Gasteiger partial charge on any atom is -0.467 e. The van der Waals surface area contributed by atoms with Gasteiger partial charge in [0.05, 0.1) is 12.1 Å². The first-order valence-electron chi connectivity index (χ1n) is 9.98. The molecule has 2 aromatic rings. The second-order valence-electron chi connectivity index (χ2n) is 8.25. The van der Waals surface area contributed by atoms with Crippen molar-refractivity contribution in [3.63, 3.8) is 0 Å². The van der Waals surface area contributed by atoms with E-state index in [1.165, 1.54) is 0 Å². The van der Waals surface area contributed by atoms with Crippen molar-refractivity contribution in [2.24, 2.45) is 17.8 Å². The van der Waals surface area contributed by atoms with Gasteiger partial charge in [0.1, 0.15) is 17.3 Å². The molecule has 6 nitrogen and oxygen atoms in total. The maximum Gasteiger partial charge on any atom is 0.258 e. The van der Waals surface area contributed by atoms with Crippen molar-refractivity contribution in [3.05, 3.63) is 53.5 Å². The molecule has 0 unspecified atom stereocenters. The summed E-state index contributed by atoms with van der Waals surface area (Å²) in [6, 6.07) is 11.2. The summed E-state index contributed by atoms with van der Waals surface area (Å²) < 4.78 is 11.9. The molecule has 1 spiro atoms. The third-order valence-electron chi connectivity index (χ3n) is 6.54. The Morgan fingerprint density at radius 2 is 2.11 bits per heavy atom. The normalized spacial score (nSPS) is 30.5. The second kappa shape index (κ2) is 6.40. The van der Waals surface area contributed by atoms with Crippen LogP contribution < -0.4 is 15.4 Å². The van der Waals surface area contributed by atoms with Crippen molar-refractivity contribution in [1.82, 2.24) is 10.6 Å². The van der Waals surface area contributed by atoms with Crippen LogP contribution in [0.25, 0.3) is 0 Å². The average Bonchev–Trinajstić information content (AvgIpc) is 3.11. The molecule has 4 aliphatic rings. The van der Waals surface area contributed by atoms with E-state index in [0.717, 1.165) is 30.8 Å². The molecule has 3 fully saturated rings. The van der Waals surface area contributed by atoms with Gasteiger partial charge in [-0.1, -0.05) is 12.1 Å². The van der Waals surface area contributed by atoms with Crippen LogP contribution in [-0.2, 0) is 11.3 Å². The molecule has 0 saturated heterocycles. The van der Waals surface area contributed by atoms with Crippen LogP contribution in [0.4, 0.5) is 0 Å². The predicted octanol–water partition coefficient (Wildman–Crippen LogP) is 3.16. The first kappa shape index (κ1) is 17.3. The van der Waals surface area contributed by atoms with Gasteiger partial charge >= 0.3 is 0 Å². The van der Waals surface area contributed by atoms with E-state index >= 15 is 0 Å².